The molecule has 0 bridgehead atoms. The fourth-order valence-corrected chi connectivity index (χ4v) is 1.69. The fourth-order valence-electron chi connectivity index (χ4n) is 1.69. The number of hydrogen-bond acceptors (Lipinski definition) is 3. The van der Waals surface area contributed by atoms with Gasteiger partial charge >= 0.3 is 6.55 Å². The Kier molecular flexibility index (Phi) is 3.27. The topological polar surface area (TPSA) is 33.1 Å². The minimum atomic E-state index is -2.54. The van der Waals surface area contributed by atoms with Crippen molar-refractivity contribution >= 4 is 0 Å². The first-order chi connectivity index (χ1) is 7.25. The Hall–Kier alpha value is -1.01. The molecule has 1 aliphatic rings. The van der Waals surface area contributed by atoms with Crippen molar-refractivity contribution in [3.63, 3.8) is 0 Å². The molecule has 15 heavy (non-hydrogen) atoms. The van der Waals surface area contributed by atoms with Gasteiger partial charge in [-0.1, -0.05) is 0 Å². The molecule has 0 radical (unpaired) electrons. The van der Waals surface area contributed by atoms with E-state index in [1.807, 2.05) is 0 Å². The van der Waals surface area contributed by atoms with Crippen molar-refractivity contribution < 1.29 is 8.78 Å². The minimum Gasteiger partial charge on any atom is -0.314 e. The van der Waals surface area contributed by atoms with E-state index in [4.69, 9.17) is 0 Å². The van der Waals surface area contributed by atoms with Gasteiger partial charge < -0.3 is 5.32 Å². The summed E-state index contributed by atoms with van der Waals surface area (Å²) in [5.41, 5.74) is 0.845. The third-order valence-electron chi connectivity index (χ3n) is 2.47. The van der Waals surface area contributed by atoms with E-state index in [0.29, 0.717) is 11.2 Å². The maximum atomic E-state index is 12.2. The lowest BCUT2D eigenvalue weighted by Crippen LogP contribution is -2.42. The largest absolute Gasteiger partial charge is 0.333 e. The van der Waals surface area contributed by atoms with Crippen LogP contribution in [-0.2, 0) is 6.54 Å². The molecule has 1 aliphatic heterocycles. The van der Waals surface area contributed by atoms with Gasteiger partial charge in [0.2, 0.25) is 0 Å². The molecule has 1 fully saturated rings. The molecule has 0 spiro atoms. The van der Waals surface area contributed by atoms with Crippen LogP contribution in [0.2, 0.25) is 0 Å². The molecule has 84 valence electrons. The minimum absolute atomic E-state index is 0.692. The van der Waals surface area contributed by atoms with E-state index < -0.39 is 6.55 Å². The van der Waals surface area contributed by atoms with E-state index in [9.17, 15) is 8.78 Å². The van der Waals surface area contributed by atoms with Gasteiger partial charge in [0.15, 0.2) is 0 Å². The van der Waals surface area contributed by atoms with Crippen molar-refractivity contribution in [2.24, 2.45) is 0 Å². The van der Waals surface area contributed by atoms with Crippen LogP contribution in [-0.4, -0.2) is 40.9 Å². The number of halogens is 2. The van der Waals surface area contributed by atoms with Crippen molar-refractivity contribution in [1.82, 2.24) is 20.0 Å². The number of alkyl halides is 2. The molecule has 1 aromatic heterocycles. The second-order valence-corrected chi connectivity index (χ2v) is 3.63. The number of rotatable bonds is 3. The first kappa shape index (κ1) is 10.5. The molecule has 2 heterocycles. The molecule has 6 heteroatoms. The molecular formula is C9H14F2N4. The van der Waals surface area contributed by atoms with Crippen LogP contribution >= 0.6 is 0 Å². The van der Waals surface area contributed by atoms with Crippen LogP contribution in [0, 0.1) is 0 Å². The zero-order chi connectivity index (χ0) is 10.7. The highest BCUT2D eigenvalue weighted by Gasteiger charge is 2.12. The summed E-state index contributed by atoms with van der Waals surface area (Å²) in [6, 6.07) is 0. The summed E-state index contributed by atoms with van der Waals surface area (Å²) < 4.78 is 25.2. The summed E-state index contributed by atoms with van der Waals surface area (Å²) in [5, 5.41) is 6.85. The van der Waals surface area contributed by atoms with Gasteiger partial charge in [-0.05, 0) is 0 Å². The number of nitrogens with one attached hydrogen (secondary N) is 1. The zero-order valence-corrected chi connectivity index (χ0v) is 8.37. The van der Waals surface area contributed by atoms with Gasteiger partial charge in [0.1, 0.15) is 0 Å². The zero-order valence-electron chi connectivity index (χ0n) is 8.37. The van der Waals surface area contributed by atoms with Gasteiger partial charge in [-0.2, -0.15) is 13.9 Å². The molecule has 1 aromatic rings. The maximum Gasteiger partial charge on any atom is 0.333 e. The highest BCUT2D eigenvalue weighted by Crippen LogP contribution is 2.11. The molecule has 2 rings (SSSR count). The van der Waals surface area contributed by atoms with Gasteiger partial charge in [0, 0.05) is 44.5 Å². The quantitative estimate of drug-likeness (QED) is 0.806. The Morgan fingerprint density at radius 3 is 2.73 bits per heavy atom. The highest BCUT2D eigenvalue weighted by atomic mass is 19.3. The molecule has 0 amide bonds. The first-order valence-electron chi connectivity index (χ1n) is 5.00. The van der Waals surface area contributed by atoms with E-state index in [1.54, 1.807) is 0 Å². The third-order valence-corrected chi connectivity index (χ3v) is 2.47. The average Bonchev–Trinajstić information content (AvgIpc) is 2.68. The summed E-state index contributed by atoms with van der Waals surface area (Å²) in [6.45, 7) is 2.00. The number of aromatic nitrogens is 2. The lowest BCUT2D eigenvalue weighted by molar-refractivity contribution is 0.0564. The van der Waals surface area contributed by atoms with Crippen LogP contribution in [0.5, 0.6) is 0 Å². The Balaban J connectivity index is 1.91. The molecule has 0 saturated carbocycles. The van der Waals surface area contributed by atoms with E-state index >= 15 is 0 Å². The predicted octanol–water partition coefficient (Wildman–Crippen LogP) is 0.683. The number of nitrogens with zero attached hydrogens (tertiary/aromatic N) is 3. The van der Waals surface area contributed by atoms with Crippen molar-refractivity contribution in [2.75, 3.05) is 26.2 Å². The highest BCUT2D eigenvalue weighted by molar-refractivity contribution is 5.04. The fraction of sp³-hybridized carbons (Fsp3) is 0.667. The van der Waals surface area contributed by atoms with Crippen LogP contribution in [0.15, 0.2) is 12.4 Å². The first-order valence-corrected chi connectivity index (χ1v) is 5.00. The van der Waals surface area contributed by atoms with Crippen LogP contribution < -0.4 is 5.32 Å². The van der Waals surface area contributed by atoms with Crippen LogP contribution in [0.4, 0.5) is 8.78 Å². The van der Waals surface area contributed by atoms with Gasteiger partial charge in [-0.25, -0.2) is 4.68 Å². The standard InChI is InChI=1S/C9H14F2N4/c10-9(11)15-7-8(5-13-15)6-14-3-1-12-2-4-14/h5,7,9,12H,1-4,6H2. The molecule has 0 aromatic carbocycles. The van der Waals surface area contributed by atoms with Crippen LogP contribution in [0.1, 0.15) is 12.1 Å². The third kappa shape index (κ3) is 2.73. The molecule has 0 unspecified atom stereocenters. The Labute approximate surface area is 86.9 Å². The lowest BCUT2D eigenvalue weighted by atomic mass is 10.3. The van der Waals surface area contributed by atoms with Crippen molar-refractivity contribution in [3.8, 4) is 0 Å². The summed E-state index contributed by atoms with van der Waals surface area (Å²) >= 11 is 0. The SMILES string of the molecule is FC(F)n1cc(CN2CCNCC2)cn1. The van der Waals surface area contributed by atoms with E-state index in [2.05, 4.69) is 15.3 Å². The Morgan fingerprint density at radius 2 is 2.13 bits per heavy atom. The smallest absolute Gasteiger partial charge is 0.314 e. The summed E-state index contributed by atoms with van der Waals surface area (Å²) in [4.78, 5) is 2.23. The summed E-state index contributed by atoms with van der Waals surface area (Å²) in [7, 11) is 0. The second kappa shape index (κ2) is 4.67. The Bertz CT molecular complexity index is 307. The van der Waals surface area contributed by atoms with Crippen molar-refractivity contribution in [1.29, 1.82) is 0 Å². The molecule has 1 N–H and O–H groups in total. The van der Waals surface area contributed by atoms with Crippen LogP contribution in [0.3, 0.4) is 0 Å². The molecule has 0 aliphatic carbocycles. The number of hydrogen-bond donors (Lipinski definition) is 1. The molecular weight excluding hydrogens is 202 g/mol. The van der Waals surface area contributed by atoms with Gasteiger partial charge in [0.25, 0.3) is 0 Å². The van der Waals surface area contributed by atoms with Crippen LogP contribution in [0.25, 0.3) is 0 Å². The summed E-state index contributed by atoms with van der Waals surface area (Å²) in [5.74, 6) is 0. The van der Waals surface area contributed by atoms with Gasteiger partial charge in [-0.15, -0.1) is 0 Å². The summed E-state index contributed by atoms with van der Waals surface area (Å²) in [6.07, 6.45) is 2.92. The van der Waals surface area contributed by atoms with Gasteiger partial charge in [-0.3, -0.25) is 4.90 Å². The van der Waals surface area contributed by atoms with Crippen molar-refractivity contribution in [3.05, 3.63) is 18.0 Å². The predicted molar refractivity (Wildman–Crippen MR) is 51.6 cm³/mol. The second-order valence-electron chi connectivity index (χ2n) is 3.63. The molecule has 4 nitrogen and oxygen atoms in total. The van der Waals surface area contributed by atoms with Gasteiger partial charge in [0.05, 0.1) is 6.20 Å². The Morgan fingerprint density at radius 1 is 1.40 bits per heavy atom. The van der Waals surface area contributed by atoms with Crippen molar-refractivity contribution in [2.45, 2.75) is 13.1 Å². The lowest BCUT2D eigenvalue weighted by Gasteiger charge is -2.26. The monoisotopic (exact) mass is 216 g/mol. The number of piperazine rings is 1. The average molecular weight is 216 g/mol. The molecule has 0 atom stereocenters. The normalized spacial score (nSPS) is 18.6. The van der Waals surface area contributed by atoms with E-state index in [1.165, 1.54) is 12.4 Å². The van der Waals surface area contributed by atoms with E-state index in [-0.39, 0.29) is 0 Å². The van der Waals surface area contributed by atoms with E-state index in [0.717, 1.165) is 31.7 Å². The maximum absolute atomic E-state index is 12.2. The molecule has 1 saturated heterocycles.